The highest BCUT2D eigenvalue weighted by atomic mass is 16.5. The smallest absolute Gasteiger partial charge is 0.132 e. The number of aryl methyl sites for hydroxylation is 1. The minimum absolute atomic E-state index is 0.419. The molecule has 0 aliphatic carbocycles. The Bertz CT molecular complexity index is 609. The van der Waals surface area contributed by atoms with Crippen LogP contribution in [-0.4, -0.2) is 36.8 Å². The molecule has 0 bridgehead atoms. The summed E-state index contributed by atoms with van der Waals surface area (Å²) in [4.78, 5) is 11.4. The zero-order valence-corrected chi connectivity index (χ0v) is 13.3. The van der Waals surface area contributed by atoms with Gasteiger partial charge in [-0.15, -0.1) is 0 Å². The maximum atomic E-state index is 5.48. The predicted octanol–water partition coefficient (Wildman–Crippen LogP) is 2.97. The molecular weight excluding hydrogens is 274 g/mol. The van der Waals surface area contributed by atoms with Gasteiger partial charge in [-0.3, -0.25) is 0 Å². The molecule has 2 heterocycles. The van der Waals surface area contributed by atoms with Crippen molar-refractivity contribution in [2.75, 3.05) is 31.7 Å². The molecule has 2 aromatic rings. The molecule has 3 rings (SSSR count). The molecule has 4 heteroatoms. The van der Waals surface area contributed by atoms with Crippen molar-refractivity contribution in [3.8, 4) is 0 Å². The maximum Gasteiger partial charge on any atom is 0.132 e. The van der Waals surface area contributed by atoms with Crippen LogP contribution < -0.4 is 4.90 Å². The first-order chi connectivity index (χ1) is 10.7. The second-order valence-corrected chi connectivity index (χ2v) is 5.92. The van der Waals surface area contributed by atoms with E-state index in [-0.39, 0.29) is 0 Å². The van der Waals surface area contributed by atoms with E-state index >= 15 is 0 Å². The lowest BCUT2D eigenvalue weighted by molar-refractivity contribution is 0.193. The summed E-state index contributed by atoms with van der Waals surface area (Å²) in [6.45, 7) is 4.53. The highest BCUT2D eigenvalue weighted by Crippen LogP contribution is 2.25. The zero-order chi connectivity index (χ0) is 15.4. The van der Waals surface area contributed by atoms with Crippen LogP contribution in [0, 0.1) is 6.92 Å². The summed E-state index contributed by atoms with van der Waals surface area (Å²) in [7, 11) is 2.10. The fourth-order valence-electron chi connectivity index (χ4n) is 2.80. The van der Waals surface area contributed by atoms with E-state index in [9.17, 15) is 0 Å². The lowest BCUT2D eigenvalue weighted by atomic mass is 10.0. The summed E-state index contributed by atoms with van der Waals surface area (Å²) < 4.78 is 5.48. The van der Waals surface area contributed by atoms with Gasteiger partial charge in [0.25, 0.3) is 0 Å². The first-order valence-corrected chi connectivity index (χ1v) is 7.91. The summed E-state index contributed by atoms with van der Waals surface area (Å²) in [5.74, 6) is 2.26. The van der Waals surface area contributed by atoms with Crippen LogP contribution in [0.4, 0.5) is 5.82 Å². The maximum absolute atomic E-state index is 5.48. The van der Waals surface area contributed by atoms with Crippen LogP contribution in [0.25, 0.3) is 0 Å². The van der Waals surface area contributed by atoms with Crippen molar-refractivity contribution in [1.82, 2.24) is 9.97 Å². The Morgan fingerprint density at radius 3 is 2.77 bits per heavy atom. The Kier molecular flexibility index (Phi) is 4.68. The summed E-state index contributed by atoms with van der Waals surface area (Å²) in [6.07, 6.45) is 2.08. The highest BCUT2D eigenvalue weighted by molar-refractivity contribution is 5.40. The van der Waals surface area contributed by atoms with Crippen LogP contribution in [0.5, 0.6) is 0 Å². The monoisotopic (exact) mass is 297 g/mol. The lowest BCUT2D eigenvalue weighted by Crippen LogP contribution is -2.22. The van der Waals surface area contributed by atoms with Gasteiger partial charge in [-0.25, -0.2) is 9.97 Å². The molecule has 1 aromatic carbocycles. The van der Waals surface area contributed by atoms with Gasteiger partial charge < -0.3 is 9.64 Å². The van der Waals surface area contributed by atoms with Gasteiger partial charge in [0.05, 0.1) is 12.3 Å². The quantitative estimate of drug-likeness (QED) is 0.850. The van der Waals surface area contributed by atoms with Gasteiger partial charge in [-0.1, -0.05) is 30.3 Å². The number of likely N-dealkylation sites (N-methyl/N-ethyl adjacent to an activating group) is 1. The molecule has 0 saturated carbocycles. The number of hydrogen-bond acceptors (Lipinski definition) is 4. The highest BCUT2D eigenvalue weighted by Gasteiger charge is 2.20. The van der Waals surface area contributed by atoms with Crippen molar-refractivity contribution in [2.45, 2.75) is 25.7 Å². The molecule has 0 N–H and O–H groups in total. The van der Waals surface area contributed by atoms with Gasteiger partial charge in [-0.2, -0.15) is 0 Å². The summed E-state index contributed by atoms with van der Waals surface area (Å²) in [6, 6.07) is 12.7. The van der Waals surface area contributed by atoms with Crippen LogP contribution in [0.2, 0.25) is 0 Å². The SMILES string of the molecule is Cc1nc([C@@H]2CCOC2)cc(N(C)CCc2ccccc2)n1. The van der Waals surface area contributed by atoms with E-state index in [0.717, 1.165) is 49.9 Å². The third-order valence-electron chi connectivity index (χ3n) is 4.16. The Morgan fingerprint density at radius 2 is 2.05 bits per heavy atom. The van der Waals surface area contributed by atoms with Gasteiger partial charge in [0.2, 0.25) is 0 Å². The van der Waals surface area contributed by atoms with Gasteiger partial charge in [0.1, 0.15) is 11.6 Å². The van der Waals surface area contributed by atoms with Crippen LogP contribution in [0.15, 0.2) is 36.4 Å². The molecular formula is C18H23N3O. The third-order valence-corrected chi connectivity index (χ3v) is 4.16. The molecule has 1 saturated heterocycles. The molecule has 1 atom stereocenters. The van der Waals surface area contributed by atoms with Crippen LogP contribution in [-0.2, 0) is 11.2 Å². The molecule has 4 nitrogen and oxygen atoms in total. The summed E-state index contributed by atoms with van der Waals surface area (Å²) in [5.41, 5.74) is 2.47. The Labute approximate surface area is 132 Å². The molecule has 1 fully saturated rings. The van der Waals surface area contributed by atoms with Gasteiger partial charge >= 0.3 is 0 Å². The standard InChI is InChI=1S/C18H23N3O/c1-14-19-17(16-9-11-22-13-16)12-18(20-14)21(2)10-8-15-6-4-3-5-7-15/h3-7,12,16H,8-11,13H2,1-2H3/t16-/m1/s1. The second kappa shape index (κ2) is 6.88. The normalized spacial score (nSPS) is 17.6. The number of anilines is 1. The molecule has 0 unspecified atom stereocenters. The number of benzene rings is 1. The molecule has 22 heavy (non-hydrogen) atoms. The zero-order valence-electron chi connectivity index (χ0n) is 13.3. The molecule has 1 aliphatic heterocycles. The lowest BCUT2D eigenvalue weighted by Gasteiger charge is -2.20. The van der Waals surface area contributed by atoms with Crippen molar-refractivity contribution in [3.05, 3.63) is 53.5 Å². The molecule has 0 amide bonds. The summed E-state index contributed by atoms with van der Waals surface area (Å²) >= 11 is 0. The number of ether oxygens (including phenoxy) is 1. The number of hydrogen-bond donors (Lipinski definition) is 0. The third kappa shape index (κ3) is 3.63. The van der Waals surface area contributed by atoms with Gasteiger partial charge in [0, 0.05) is 32.2 Å². The first-order valence-electron chi connectivity index (χ1n) is 7.91. The van der Waals surface area contributed by atoms with Crippen molar-refractivity contribution >= 4 is 5.82 Å². The van der Waals surface area contributed by atoms with Crippen molar-refractivity contribution in [1.29, 1.82) is 0 Å². The van der Waals surface area contributed by atoms with Crippen molar-refractivity contribution in [2.24, 2.45) is 0 Å². The van der Waals surface area contributed by atoms with E-state index < -0.39 is 0 Å². The van der Waals surface area contributed by atoms with Gasteiger partial charge in [0.15, 0.2) is 0 Å². The van der Waals surface area contributed by atoms with Crippen LogP contribution in [0.3, 0.4) is 0 Å². The average Bonchev–Trinajstić information content (AvgIpc) is 3.07. The Morgan fingerprint density at radius 1 is 1.23 bits per heavy atom. The minimum atomic E-state index is 0.419. The van der Waals surface area contributed by atoms with E-state index in [0.29, 0.717) is 5.92 Å². The molecule has 116 valence electrons. The largest absolute Gasteiger partial charge is 0.381 e. The summed E-state index contributed by atoms with van der Waals surface area (Å²) in [5, 5.41) is 0. The topological polar surface area (TPSA) is 38.2 Å². The number of nitrogens with zero attached hydrogens (tertiary/aromatic N) is 3. The fourth-order valence-corrected chi connectivity index (χ4v) is 2.80. The second-order valence-electron chi connectivity index (χ2n) is 5.92. The number of aromatic nitrogens is 2. The Balaban J connectivity index is 1.70. The van der Waals surface area contributed by atoms with Crippen LogP contribution in [0.1, 0.15) is 29.4 Å². The van der Waals surface area contributed by atoms with Crippen molar-refractivity contribution < 1.29 is 4.74 Å². The minimum Gasteiger partial charge on any atom is -0.381 e. The predicted molar refractivity (Wildman–Crippen MR) is 88.4 cm³/mol. The molecule has 1 aromatic heterocycles. The van der Waals surface area contributed by atoms with Gasteiger partial charge in [-0.05, 0) is 25.3 Å². The van der Waals surface area contributed by atoms with E-state index in [1.807, 2.05) is 6.92 Å². The molecule has 1 aliphatic rings. The first kappa shape index (κ1) is 15.0. The van der Waals surface area contributed by atoms with E-state index in [1.165, 1.54) is 5.56 Å². The van der Waals surface area contributed by atoms with E-state index in [4.69, 9.17) is 4.74 Å². The van der Waals surface area contributed by atoms with E-state index in [2.05, 4.69) is 58.3 Å². The fraction of sp³-hybridized carbons (Fsp3) is 0.444. The number of rotatable bonds is 5. The average molecular weight is 297 g/mol. The Hall–Kier alpha value is -1.94. The van der Waals surface area contributed by atoms with E-state index in [1.54, 1.807) is 0 Å². The molecule has 0 radical (unpaired) electrons. The van der Waals surface area contributed by atoms with Crippen LogP contribution >= 0.6 is 0 Å². The molecule has 0 spiro atoms. The van der Waals surface area contributed by atoms with Crippen molar-refractivity contribution in [3.63, 3.8) is 0 Å².